The molecule has 1 amide bonds. The number of hydrogen-bond acceptors (Lipinski definition) is 8. The van der Waals surface area contributed by atoms with Gasteiger partial charge in [0.25, 0.3) is 5.91 Å². The van der Waals surface area contributed by atoms with Crippen LogP contribution in [0.15, 0.2) is 24.3 Å². The smallest absolute Gasteiger partial charge is 0.340 e. The zero-order valence-electron chi connectivity index (χ0n) is 16.1. The van der Waals surface area contributed by atoms with Crippen molar-refractivity contribution < 1.29 is 28.6 Å². The Labute approximate surface area is 161 Å². The number of carbonyl (C=O) groups is 3. The van der Waals surface area contributed by atoms with Crippen molar-refractivity contribution in [2.75, 3.05) is 20.3 Å². The predicted octanol–water partition coefficient (Wildman–Crippen LogP) is 0.809. The first-order valence-electron chi connectivity index (χ1n) is 8.63. The van der Waals surface area contributed by atoms with Crippen LogP contribution in [0.3, 0.4) is 0 Å². The second kappa shape index (κ2) is 9.49. The zero-order valence-corrected chi connectivity index (χ0v) is 16.1. The number of ether oxygens (including phenoxy) is 3. The highest BCUT2D eigenvalue weighted by atomic mass is 16.6. The molecule has 150 valence electrons. The van der Waals surface area contributed by atoms with E-state index in [1.807, 2.05) is 0 Å². The first-order valence-corrected chi connectivity index (χ1v) is 8.63. The molecule has 1 N–H and O–H groups in total. The van der Waals surface area contributed by atoms with Gasteiger partial charge in [-0.05, 0) is 32.9 Å². The summed E-state index contributed by atoms with van der Waals surface area (Å²) in [6, 6.07) is 5.45. The molecule has 0 saturated heterocycles. The van der Waals surface area contributed by atoms with Crippen molar-refractivity contribution in [2.24, 2.45) is 0 Å². The number of amides is 1. The van der Waals surface area contributed by atoms with Crippen molar-refractivity contribution in [2.45, 2.75) is 26.8 Å². The fourth-order valence-corrected chi connectivity index (χ4v) is 2.39. The molecule has 0 bridgehead atoms. The molecular formula is C18H22N4O6. The third-order valence-corrected chi connectivity index (χ3v) is 3.73. The van der Waals surface area contributed by atoms with Gasteiger partial charge in [-0.1, -0.05) is 11.3 Å². The highest BCUT2D eigenvalue weighted by molar-refractivity contribution is 6.05. The summed E-state index contributed by atoms with van der Waals surface area (Å²) in [5, 5.41) is 10.1. The number of rotatable bonds is 8. The number of esters is 2. The van der Waals surface area contributed by atoms with E-state index in [9.17, 15) is 14.4 Å². The molecule has 0 atom stereocenters. The van der Waals surface area contributed by atoms with Gasteiger partial charge in [0.05, 0.1) is 31.7 Å². The quantitative estimate of drug-likeness (QED) is 0.519. The standard InChI is InChI=1S/C18H22N4O6/c1-5-27-17(24)15(18(25)28-6-2)19-16(23)14-11(3)22(21-20-14)12-8-7-9-13(10-12)26-4/h7-10,15H,5-6H2,1-4H3,(H,19,23). The Morgan fingerprint density at radius 1 is 1.14 bits per heavy atom. The lowest BCUT2D eigenvalue weighted by atomic mass is 10.2. The Morgan fingerprint density at radius 3 is 2.36 bits per heavy atom. The number of nitrogens with one attached hydrogen (secondary N) is 1. The highest BCUT2D eigenvalue weighted by Crippen LogP contribution is 2.18. The summed E-state index contributed by atoms with van der Waals surface area (Å²) < 4.78 is 16.3. The summed E-state index contributed by atoms with van der Waals surface area (Å²) in [5.41, 5.74) is 1.01. The Bertz CT molecular complexity index is 846. The van der Waals surface area contributed by atoms with Crippen LogP contribution in [0.25, 0.3) is 5.69 Å². The Kier molecular flexibility index (Phi) is 7.08. The van der Waals surface area contributed by atoms with Crippen LogP contribution < -0.4 is 10.1 Å². The normalized spacial score (nSPS) is 10.5. The molecule has 28 heavy (non-hydrogen) atoms. The molecule has 1 heterocycles. The molecule has 0 spiro atoms. The van der Waals surface area contributed by atoms with Crippen molar-refractivity contribution >= 4 is 17.8 Å². The monoisotopic (exact) mass is 390 g/mol. The number of methoxy groups -OCH3 is 1. The van der Waals surface area contributed by atoms with Crippen LogP contribution in [0.4, 0.5) is 0 Å². The van der Waals surface area contributed by atoms with Gasteiger partial charge in [0, 0.05) is 6.07 Å². The van der Waals surface area contributed by atoms with Crippen LogP contribution in [0, 0.1) is 6.92 Å². The number of aromatic nitrogens is 3. The molecule has 0 aliphatic carbocycles. The van der Waals surface area contributed by atoms with Crippen molar-refractivity contribution in [3.05, 3.63) is 35.7 Å². The molecule has 0 fully saturated rings. The first-order chi connectivity index (χ1) is 13.4. The Hall–Kier alpha value is -3.43. The lowest BCUT2D eigenvalue weighted by Crippen LogP contribution is -2.48. The van der Waals surface area contributed by atoms with Crippen LogP contribution in [0.2, 0.25) is 0 Å². The van der Waals surface area contributed by atoms with Gasteiger partial charge >= 0.3 is 11.9 Å². The predicted molar refractivity (Wildman–Crippen MR) is 97.2 cm³/mol. The molecule has 2 aromatic rings. The third kappa shape index (κ3) is 4.64. The number of carbonyl (C=O) groups excluding carboxylic acids is 3. The number of benzene rings is 1. The molecular weight excluding hydrogens is 368 g/mol. The minimum Gasteiger partial charge on any atom is -0.497 e. The maximum atomic E-state index is 12.6. The maximum Gasteiger partial charge on any atom is 0.340 e. The van der Waals surface area contributed by atoms with Gasteiger partial charge in [0.15, 0.2) is 5.69 Å². The maximum absolute atomic E-state index is 12.6. The fraction of sp³-hybridized carbons (Fsp3) is 0.389. The Balaban J connectivity index is 2.26. The minimum atomic E-state index is -1.59. The van der Waals surface area contributed by atoms with Gasteiger partial charge in [-0.25, -0.2) is 14.3 Å². The van der Waals surface area contributed by atoms with Gasteiger partial charge in [0.1, 0.15) is 5.75 Å². The molecule has 0 radical (unpaired) electrons. The van der Waals surface area contributed by atoms with Crippen LogP contribution in [-0.2, 0) is 19.1 Å². The summed E-state index contributed by atoms with van der Waals surface area (Å²) in [4.78, 5) is 36.6. The molecule has 0 aliphatic rings. The molecule has 1 aromatic carbocycles. The van der Waals surface area contributed by atoms with E-state index in [0.29, 0.717) is 17.1 Å². The summed E-state index contributed by atoms with van der Waals surface area (Å²) >= 11 is 0. The largest absolute Gasteiger partial charge is 0.497 e. The third-order valence-electron chi connectivity index (χ3n) is 3.73. The van der Waals surface area contributed by atoms with Gasteiger partial charge in [0.2, 0.25) is 6.04 Å². The molecule has 0 aliphatic heterocycles. The van der Waals surface area contributed by atoms with E-state index in [2.05, 4.69) is 15.6 Å². The summed E-state index contributed by atoms with van der Waals surface area (Å²) in [5.74, 6) is -1.96. The topological polar surface area (TPSA) is 122 Å². The van der Waals surface area contributed by atoms with Gasteiger partial charge in [-0.3, -0.25) is 4.79 Å². The second-order valence-electron chi connectivity index (χ2n) is 5.55. The second-order valence-corrected chi connectivity index (χ2v) is 5.55. The van der Waals surface area contributed by atoms with Gasteiger partial charge < -0.3 is 19.5 Å². The molecule has 2 rings (SSSR count). The summed E-state index contributed by atoms with van der Waals surface area (Å²) in [6.45, 7) is 4.92. The van der Waals surface area contributed by atoms with Crippen molar-refractivity contribution in [3.63, 3.8) is 0 Å². The van der Waals surface area contributed by atoms with Crippen LogP contribution in [0.5, 0.6) is 5.75 Å². The average molecular weight is 390 g/mol. The SMILES string of the molecule is CCOC(=O)C(NC(=O)c1nnn(-c2cccc(OC)c2)c1C)C(=O)OCC. The Morgan fingerprint density at radius 2 is 1.79 bits per heavy atom. The lowest BCUT2D eigenvalue weighted by molar-refractivity contribution is -0.157. The fourth-order valence-electron chi connectivity index (χ4n) is 2.39. The molecule has 0 unspecified atom stereocenters. The van der Waals surface area contributed by atoms with Crippen molar-refractivity contribution in [3.8, 4) is 11.4 Å². The van der Waals surface area contributed by atoms with Crippen LogP contribution in [0.1, 0.15) is 30.0 Å². The van der Waals surface area contributed by atoms with Gasteiger partial charge in [-0.2, -0.15) is 0 Å². The number of nitrogens with zero attached hydrogens (tertiary/aromatic N) is 3. The van der Waals surface area contributed by atoms with E-state index in [1.165, 1.54) is 11.8 Å². The molecule has 0 saturated carbocycles. The molecule has 1 aromatic heterocycles. The molecule has 10 heteroatoms. The average Bonchev–Trinajstić information content (AvgIpc) is 3.07. The van der Waals surface area contributed by atoms with Crippen LogP contribution in [-0.4, -0.2) is 59.2 Å². The zero-order chi connectivity index (χ0) is 20.7. The van der Waals surface area contributed by atoms with E-state index >= 15 is 0 Å². The van der Waals surface area contributed by atoms with Gasteiger partial charge in [-0.15, -0.1) is 5.10 Å². The van der Waals surface area contributed by atoms with E-state index in [4.69, 9.17) is 14.2 Å². The number of hydrogen-bond donors (Lipinski definition) is 1. The van der Waals surface area contributed by atoms with Crippen LogP contribution >= 0.6 is 0 Å². The summed E-state index contributed by atoms with van der Waals surface area (Å²) in [6.07, 6.45) is 0. The highest BCUT2D eigenvalue weighted by Gasteiger charge is 2.33. The van der Waals surface area contributed by atoms with E-state index in [-0.39, 0.29) is 18.9 Å². The minimum absolute atomic E-state index is 0.0404. The summed E-state index contributed by atoms with van der Waals surface area (Å²) in [7, 11) is 1.54. The lowest BCUT2D eigenvalue weighted by Gasteiger charge is -2.15. The van der Waals surface area contributed by atoms with E-state index in [0.717, 1.165) is 0 Å². The molecule has 10 nitrogen and oxygen atoms in total. The first kappa shape index (κ1) is 20.9. The van der Waals surface area contributed by atoms with E-state index < -0.39 is 23.9 Å². The van der Waals surface area contributed by atoms with Crippen molar-refractivity contribution in [1.29, 1.82) is 0 Å². The van der Waals surface area contributed by atoms with Crippen molar-refractivity contribution in [1.82, 2.24) is 20.3 Å². The van der Waals surface area contributed by atoms with E-state index in [1.54, 1.807) is 45.0 Å².